The Morgan fingerprint density at radius 2 is 2.04 bits per heavy atom. The van der Waals surface area contributed by atoms with Crippen LogP contribution in [0.1, 0.15) is 11.1 Å². The first-order valence-corrected chi connectivity index (χ1v) is 8.68. The Kier molecular flexibility index (Phi) is 4.79. The quantitative estimate of drug-likeness (QED) is 0.504. The van der Waals surface area contributed by atoms with Crippen molar-refractivity contribution in [3.63, 3.8) is 0 Å². The molecule has 0 bridgehead atoms. The lowest BCUT2D eigenvalue weighted by molar-refractivity contribution is -0.131. The number of nitrogens with one attached hydrogen (secondary N) is 1. The number of rotatable bonds is 6. The minimum Gasteiger partial charge on any atom is -0.478 e. The number of carboxylic acids is 1. The molecule has 0 atom stereocenters. The van der Waals surface area contributed by atoms with E-state index in [9.17, 15) is 4.79 Å². The molecule has 28 heavy (non-hydrogen) atoms. The second-order valence-electron chi connectivity index (χ2n) is 6.15. The number of benzene rings is 1. The van der Waals surface area contributed by atoms with Crippen molar-refractivity contribution in [2.24, 2.45) is 0 Å². The van der Waals surface area contributed by atoms with Crippen molar-refractivity contribution in [3.8, 4) is 11.1 Å². The van der Waals surface area contributed by atoms with Gasteiger partial charge in [0.15, 0.2) is 5.65 Å². The van der Waals surface area contributed by atoms with Crippen LogP contribution in [0, 0.1) is 0 Å². The maximum atomic E-state index is 10.7. The highest BCUT2D eigenvalue weighted by Gasteiger charge is 2.09. The number of aromatic nitrogens is 4. The Hall–Kier alpha value is -4.00. The molecule has 1 aromatic carbocycles. The lowest BCUT2D eigenvalue weighted by Crippen LogP contribution is -2.02. The average Bonchev–Trinajstić information content (AvgIpc) is 3.15. The van der Waals surface area contributed by atoms with Crippen molar-refractivity contribution < 1.29 is 9.90 Å². The van der Waals surface area contributed by atoms with Crippen molar-refractivity contribution in [3.05, 3.63) is 84.5 Å². The molecule has 0 aliphatic rings. The summed E-state index contributed by atoms with van der Waals surface area (Å²) >= 11 is 0. The molecule has 2 N–H and O–H groups in total. The van der Waals surface area contributed by atoms with Crippen LogP contribution in [0.3, 0.4) is 0 Å². The minimum atomic E-state index is -0.979. The Bertz CT molecular complexity index is 1150. The van der Waals surface area contributed by atoms with Crippen LogP contribution in [0.15, 0.2) is 73.3 Å². The van der Waals surface area contributed by atoms with Crippen LogP contribution in [0.4, 0.5) is 5.82 Å². The molecule has 0 unspecified atom stereocenters. The summed E-state index contributed by atoms with van der Waals surface area (Å²) in [4.78, 5) is 19.5. The lowest BCUT2D eigenvalue weighted by Gasteiger charge is -2.07. The molecule has 0 amide bonds. The van der Waals surface area contributed by atoms with Gasteiger partial charge >= 0.3 is 5.97 Å². The molecule has 0 fully saturated rings. The first-order valence-electron chi connectivity index (χ1n) is 8.68. The summed E-state index contributed by atoms with van der Waals surface area (Å²) in [5, 5.41) is 16.5. The summed E-state index contributed by atoms with van der Waals surface area (Å²) in [5.74, 6) is -0.235. The average molecular weight is 371 g/mol. The van der Waals surface area contributed by atoms with Crippen molar-refractivity contribution in [1.82, 2.24) is 19.6 Å². The zero-order valence-corrected chi connectivity index (χ0v) is 14.9. The molecule has 0 spiro atoms. The summed E-state index contributed by atoms with van der Waals surface area (Å²) in [6.45, 7) is 0.643. The summed E-state index contributed by atoms with van der Waals surface area (Å²) < 4.78 is 1.71. The normalized spacial score (nSPS) is 11.1. The fraction of sp³-hybridized carbons (Fsp3) is 0.0476. The Morgan fingerprint density at radius 3 is 2.86 bits per heavy atom. The Labute approximate surface area is 161 Å². The molecule has 3 aromatic heterocycles. The van der Waals surface area contributed by atoms with E-state index in [2.05, 4.69) is 15.4 Å². The summed E-state index contributed by atoms with van der Waals surface area (Å²) in [5.41, 5.74) is 4.42. The fourth-order valence-corrected chi connectivity index (χ4v) is 2.84. The number of aliphatic carboxylic acids is 1. The van der Waals surface area contributed by atoms with E-state index in [4.69, 9.17) is 10.1 Å². The molecule has 0 saturated carbocycles. The highest BCUT2D eigenvalue weighted by Crippen LogP contribution is 2.25. The van der Waals surface area contributed by atoms with Crippen LogP contribution < -0.4 is 5.32 Å². The van der Waals surface area contributed by atoms with Gasteiger partial charge in [0.2, 0.25) is 0 Å². The van der Waals surface area contributed by atoms with Crippen LogP contribution in [0.25, 0.3) is 22.9 Å². The third kappa shape index (κ3) is 3.88. The third-order valence-electron chi connectivity index (χ3n) is 4.21. The van der Waals surface area contributed by atoms with Gasteiger partial charge in [0.05, 0.1) is 6.20 Å². The number of carboxylic acid groups (broad SMARTS) is 1. The van der Waals surface area contributed by atoms with Crippen molar-refractivity contribution >= 4 is 23.5 Å². The van der Waals surface area contributed by atoms with Gasteiger partial charge in [-0.1, -0.05) is 18.2 Å². The van der Waals surface area contributed by atoms with Gasteiger partial charge in [0.25, 0.3) is 0 Å². The number of fused-ring (bicyclic) bond motifs is 1. The maximum absolute atomic E-state index is 10.7. The van der Waals surface area contributed by atoms with E-state index in [0.717, 1.165) is 39.8 Å². The second kappa shape index (κ2) is 7.71. The van der Waals surface area contributed by atoms with Crippen LogP contribution in [0.5, 0.6) is 0 Å². The predicted octanol–water partition coefficient (Wildman–Crippen LogP) is 3.50. The van der Waals surface area contributed by atoms with Crippen LogP contribution in [-0.4, -0.2) is 30.7 Å². The van der Waals surface area contributed by atoms with Gasteiger partial charge in [-0.05, 0) is 47.0 Å². The van der Waals surface area contributed by atoms with E-state index in [1.54, 1.807) is 29.2 Å². The molecule has 138 valence electrons. The maximum Gasteiger partial charge on any atom is 0.328 e. The summed E-state index contributed by atoms with van der Waals surface area (Å²) in [6, 6.07) is 13.4. The van der Waals surface area contributed by atoms with Gasteiger partial charge in [0.1, 0.15) is 5.82 Å². The molecular weight excluding hydrogens is 354 g/mol. The van der Waals surface area contributed by atoms with Gasteiger partial charge in [-0.3, -0.25) is 4.98 Å². The number of pyridine rings is 1. The zero-order chi connectivity index (χ0) is 19.3. The molecule has 0 aliphatic carbocycles. The highest BCUT2D eigenvalue weighted by molar-refractivity contribution is 5.86. The molecule has 0 radical (unpaired) electrons. The number of anilines is 1. The van der Waals surface area contributed by atoms with E-state index < -0.39 is 5.97 Å². The van der Waals surface area contributed by atoms with E-state index >= 15 is 0 Å². The number of hydrogen-bond acceptors (Lipinski definition) is 5. The van der Waals surface area contributed by atoms with Crippen LogP contribution in [0.2, 0.25) is 0 Å². The van der Waals surface area contributed by atoms with E-state index in [-0.39, 0.29) is 0 Å². The smallest absolute Gasteiger partial charge is 0.328 e. The van der Waals surface area contributed by atoms with E-state index in [0.29, 0.717) is 6.54 Å². The fourth-order valence-electron chi connectivity index (χ4n) is 2.84. The van der Waals surface area contributed by atoms with Gasteiger partial charge in [-0.25, -0.2) is 14.3 Å². The minimum absolute atomic E-state index is 0.643. The van der Waals surface area contributed by atoms with Crippen LogP contribution in [-0.2, 0) is 11.3 Å². The zero-order valence-electron chi connectivity index (χ0n) is 14.9. The molecule has 3 heterocycles. The standard InChI is InChI=1S/C21H17N5O2/c27-20(28)5-4-15-2-1-3-17(12-15)18-14-24-26-11-8-19(25-21(18)26)23-13-16-6-9-22-10-7-16/h1-12,14H,13H2,(H,23,25)(H,27,28). The van der Waals surface area contributed by atoms with Gasteiger partial charge < -0.3 is 10.4 Å². The second-order valence-corrected chi connectivity index (χ2v) is 6.15. The van der Waals surface area contributed by atoms with Crippen molar-refractivity contribution in [2.75, 3.05) is 5.32 Å². The highest BCUT2D eigenvalue weighted by atomic mass is 16.4. The monoisotopic (exact) mass is 371 g/mol. The molecule has 4 rings (SSSR count). The topological polar surface area (TPSA) is 92.4 Å². The van der Waals surface area contributed by atoms with E-state index in [1.165, 1.54) is 0 Å². The number of hydrogen-bond donors (Lipinski definition) is 2. The first-order chi connectivity index (χ1) is 13.7. The first kappa shape index (κ1) is 17.4. The Morgan fingerprint density at radius 1 is 1.18 bits per heavy atom. The van der Waals surface area contributed by atoms with Gasteiger partial charge in [-0.2, -0.15) is 5.10 Å². The molecule has 0 saturated heterocycles. The number of carbonyl (C=O) groups is 1. The molecular formula is C21H17N5O2. The molecule has 7 heteroatoms. The Balaban J connectivity index is 1.63. The summed E-state index contributed by atoms with van der Waals surface area (Å²) in [7, 11) is 0. The summed E-state index contributed by atoms with van der Waals surface area (Å²) in [6.07, 6.45) is 9.81. The van der Waals surface area contributed by atoms with Crippen molar-refractivity contribution in [2.45, 2.75) is 6.54 Å². The third-order valence-corrected chi connectivity index (χ3v) is 4.21. The molecule has 4 aromatic rings. The van der Waals surface area contributed by atoms with Gasteiger partial charge in [-0.15, -0.1) is 0 Å². The molecule has 7 nitrogen and oxygen atoms in total. The van der Waals surface area contributed by atoms with Crippen molar-refractivity contribution in [1.29, 1.82) is 0 Å². The lowest BCUT2D eigenvalue weighted by atomic mass is 10.1. The number of nitrogens with zero attached hydrogens (tertiary/aromatic N) is 4. The van der Waals surface area contributed by atoms with Crippen LogP contribution >= 0.6 is 0 Å². The SMILES string of the molecule is O=C(O)C=Cc1cccc(-c2cnn3ccc(NCc4ccncc4)nc23)c1. The predicted molar refractivity (Wildman–Crippen MR) is 107 cm³/mol. The van der Waals surface area contributed by atoms with E-state index in [1.807, 2.05) is 48.7 Å². The molecule has 0 aliphatic heterocycles. The van der Waals surface area contributed by atoms with Gasteiger partial charge in [0, 0.05) is 36.8 Å². The largest absolute Gasteiger partial charge is 0.478 e.